The molecule has 1 aromatic rings. The van der Waals surface area contributed by atoms with Crippen LogP contribution in [0.5, 0.6) is 0 Å². The first-order chi connectivity index (χ1) is 9.07. The number of aromatic nitrogens is 2. The quantitative estimate of drug-likeness (QED) is 0.842. The summed E-state index contributed by atoms with van der Waals surface area (Å²) in [5.74, 6) is 0. The first-order valence-electron chi connectivity index (χ1n) is 6.80. The van der Waals surface area contributed by atoms with Crippen LogP contribution in [0.4, 0.5) is 0 Å². The number of hydrogen-bond acceptors (Lipinski definition) is 4. The van der Waals surface area contributed by atoms with Crippen molar-refractivity contribution in [1.29, 1.82) is 0 Å². The van der Waals surface area contributed by atoms with E-state index in [1.807, 2.05) is 6.92 Å². The molecule has 2 heterocycles. The van der Waals surface area contributed by atoms with E-state index in [1.165, 1.54) is 6.20 Å². The number of hydrogen-bond donors (Lipinski definition) is 2. The minimum absolute atomic E-state index is 0.0491. The second kappa shape index (κ2) is 6.02. The molecule has 2 N–H and O–H groups in total. The summed E-state index contributed by atoms with van der Waals surface area (Å²) in [5.41, 5.74) is 0.602. The maximum absolute atomic E-state index is 12.7. The molecule has 0 aliphatic carbocycles. The van der Waals surface area contributed by atoms with Crippen molar-refractivity contribution < 1.29 is 8.42 Å². The summed E-state index contributed by atoms with van der Waals surface area (Å²) in [6.45, 7) is 6.00. The van der Waals surface area contributed by atoms with Gasteiger partial charge in [-0.05, 0) is 32.7 Å². The molecule has 1 fully saturated rings. The van der Waals surface area contributed by atoms with E-state index in [1.54, 1.807) is 11.2 Å². The van der Waals surface area contributed by atoms with Gasteiger partial charge >= 0.3 is 0 Å². The van der Waals surface area contributed by atoms with Gasteiger partial charge in [-0.15, -0.1) is 0 Å². The van der Waals surface area contributed by atoms with E-state index in [0.29, 0.717) is 17.1 Å². The van der Waals surface area contributed by atoms with Crippen molar-refractivity contribution in [3.63, 3.8) is 0 Å². The van der Waals surface area contributed by atoms with Gasteiger partial charge < -0.3 is 5.32 Å². The van der Waals surface area contributed by atoms with Crippen molar-refractivity contribution in [2.45, 2.75) is 44.0 Å². The van der Waals surface area contributed by atoms with Gasteiger partial charge in [0, 0.05) is 19.1 Å². The van der Waals surface area contributed by atoms with Crippen LogP contribution in [0.3, 0.4) is 0 Å². The maximum atomic E-state index is 12.7. The lowest BCUT2D eigenvalue weighted by molar-refractivity contribution is 0.266. The van der Waals surface area contributed by atoms with E-state index in [-0.39, 0.29) is 6.04 Å². The topological polar surface area (TPSA) is 78.1 Å². The molecule has 1 aliphatic rings. The zero-order valence-corrected chi connectivity index (χ0v) is 12.3. The van der Waals surface area contributed by atoms with Crippen LogP contribution in [0, 0.1) is 6.92 Å². The van der Waals surface area contributed by atoms with Crippen LogP contribution in [0.15, 0.2) is 11.1 Å². The minimum Gasteiger partial charge on any atom is -0.315 e. The Morgan fingerprint density at radius 3 is 2.84 bits per heavy atom. The van der Waals surface area contributed by atoms with Crippen molar-refractivity contribution in [2.75, 3.05) is 19.6 Å². The Bertz CT molecular complexity index is 506. The van der Waals surface area contributed by atoms with E-state index in [9.17, 15) is 8.42 Å². The molecule has 1 aromatic heterocycles. The van der Waals surface area contributed by atoms with Crippen molar-refractivity contribution in [3.05, 3.63) is 11.9 Å². The first-order valence-corrected chi connectivity index (χ1v) is 8.24. The van der Waals surface area contributed by atoms with Crippen LogP contribution in [-0.4, -0.2) is 48.6 Å². The minimum atomic E-state index is -3.45. The summed E-state index contributed by atoms with van der Waals surface area (Å²) in [5, 5.41) is 9.81. The van der Waals surface area contributed by atoms with E-state index in [2.05, 4.69) is 15.5 Å². The molecule has 6 nitrogen and oxygen atoms in total. The van der Waals surface area contributed by atoms with Gasteiger partial charge in [0.1, 0.15) is 4.90 Å². The number of nitrogens with zero attached hydrogens (tertiary/aromatic N) is 2. The number of aromatic amines is 1. The van der Waals surface area contributed by atoms with Crippen LogP contribution in [0.2, 0.25) is 0 Å². The normalized spacial score (nSPS) is 20.9. The fraction of sp³-hybridized carbons (Fsp3) is 0.750. The summed E-state index contributed by atoms with van der Waals surface area (Å²) in [6.07, 6.45) is 4.16. The van der Waals surface area contributed by atoms with Gasteiger partial charge in [-0.25, -0.2) is 8.42 Å². The third kappa shape index (κ3) is 2.98. The third-order valence-corrected chi connectivity index (χ3v) is 5.56. The second-order valence-corrected chi connectivity index (χ2v) is 6.83. The molecule has 1 aliphatic heterocycles. The van der Waals surface area contributed by atoms with Gasteiger partial charge in [0.2, 0.25) is 10.0 Å². The van der Waals surface area contributed by atoms with Crippen LogP contribution < -0.4 is 5.32 Å². The highest BCUT2D eigenvalue weighted by Crippen LogP contribution is 2.23. The average Bonchev–Trinajstić information content (AvgIpc) is 2.84. The molecule has 0 spiro atoms. The van der Waals surface area contributed by atoms with Gasteiger partial charge in [0.15, 0.2) is 0 Å². The van der Waals surface area contributed by atoms with E-state index in [4.69, 9.17) is 0 Å². The Kier molecular flexibility index (Phi) is 4.59. The molecule has 108 valence electrons. The monoisotopic (exact) mass is 286 g/mol. The zero-order valence-electron chi connectivity index (χ0n) is 11.5. The Morgan fingerprint density at radius 2 is 2.32 bits per heavy atom. The summed E-state index contributed by atoms with van der Waals surface area (Å²) in [7, 11) is -3.45. The van der Waals surface area contributed by atoms with Crippen LogP contribution in [-0.2, 0) is 10.0 Å². The number of sulfonamides is 1. The average molecular weight is 286 g/mol. The molecule has 1 saturated heterocycles. The van der Waals surface area contributed by atoms with Crippen molar-refractivity contribution in [3.8, 4) is 0 Å². The summed E-state index contributed by atoms with van der Waals surface area (Å²) < 4.78 is 27.1. The Hall–Kier alpha value is -0.920. The highest BCUT2D eigenvalue weighted by Gasteiger charge is 2.33. The summed E-state index contributed by atoms with van der Waals surface area (Å²) in [6, 6.07) is 0.0491. The Balaban J connectivity index is 2.29. The predicted octanol–water partition coefficient (Wildman–Crippen LogP) is 0.871. The molecule has 0 radical (unpaired) electrons. The second-order valence-electron chi connectivity index (χ2n) is 4.98. The van der Waals surface area contributed by atoms with Gasteiger partial charge in [-0.1, -0.05) is 6.92 Å². The fourth-order valence-corrected chi connectivity index (χ4v) is 4.39. The van der Waals surface area contributed by atoms with E-state index < -0.39 is 10.0 Å². The van der Waals surface area contributed by atoms with Crippen LogP contribution in [0.25, 0.3) is 0 Å². The molecule has 0 bridgehead atoms. The molecule has 1 unspecified atom stereocenters. The Labute approximate surface area is 114 Å². The first kappa shape index (κ1) is 14.5. The zero-order chi connectivity index (χ0) is 13.9. The Morgan fingerprint density at radius 1 is 1.53 bits per heavy atom. The van der Waals surface area contributed by atoms with Gasteiger partial charge in [0.25, 0.3) is 0 Å². The van der Waals surface area contributed by atoms with Gasteiger partial charge in [0.05, 0.1) is 11.9 Å². The smallest absolute Gasteiger partial charge is 0.246 e. The molecule has 2 rings (SSSR count). The highest BCUT2D eigenvalue weighted by molar-refractivity contribution is 7.89. The van der Waals surface area contributed by atoms with E-state index >= 15 is 0 Å². The van der Waals surface area contributed by atoms with Crippen LogP contribution in [0.1, 0.15) is 31.9 Å². The lowest BCUT2D eigenvalue weighted by Crippen LogP contribution is -2.48. The molecule has 0 aromatic carbocycles. The van der Waals surface area contributed by atoms with Crippen molar-refractivity contribution in [1.82, 2.24) is 19.8 Å². The van der Waals surface area contributed by atoms with Crippen molar-refractivity contribution >= 4 is 10.0 Å². The van der Waals surface area contributed by atoms with E-state index in [0.717, 1.165) is 32.4 Å². The molecule has 1 atom stereocenters. The number of piperidine rings is 1. The molecule has 7 heteroatoms. The van der Waals surface area contributed by atoms with Gasteiger partial charge in [-0.2, -0.15) is 9.40 Å². The number of rotatable bonds is 5. The SMILES string of the molecule is CCCN(C1CCCNC1)S(=O)(=O)c1cn[nH]c1C. The number of nitrogens with one attached hydrogen (secondary N) is 2. The molecular formula is C12H22N4O2S. The molecule has 0 saturated carbocycles. The predicted molar refractivity (Wildman–Crippen MR) is 73.4 cm³/mol. The third-order valence-electron chi connectivity index (χ3n) is 3.49. The molecule has 0 amide bonds. The van der Waals surface area contributed by atoms with Crippen molar-refractivity contribution in [2.24, 2.45) is 0 Å². The lowest BCUT2D eigenvalue weighted by Gasteiger charge is -2.33. The highest BCUT2D eigenvalue weighted by atomic mass is 32.2. The number of aryl methyl sites for hydroxylation is 1. The standard InChI is InChI=1S/C12H22N4O2S/c1-3-7-16(11-5-4-6-13-8-11)19(17,18)12-9-14-15-10(12)2/h9,11,13H,3-8H2,1-2H3,(H,14,15). The summed E-state index contributed by atoms with van der Waals surface area (Å²) >= 11 is 0. The number of H-pyrrole nitrogens is 1. The maximum Gasteiger partial charge on any atom is 0.246 e. The largest absolute Gasteiger partial charge is 0.315 e. The summed E-state index contributed by atoms with van der Waals surface area (Å²) in [4.78, 5) is 0.298. The van der Waals surface area contributed by atoms with Crippen LogP contribution >= 0.6 is 0 Å². The van der Waals surface area contributed by atoms with Gasteiger partial charge in [-0.3, -0.25) is 5.10 Å². The molecule has 19 heavy (non-hydrogen) atoms. The molecular weight excluding hydrogens is 264 g/mol. The fourth-order valence-electron chi connectivity index (χ4n) is 2.52. The lowest BCUT2D eigenvalue weighted by atomic mass is 10.1.